The molecule has 6 heteroatoms. The fourth-order valence-electron chi connectivity index (χ4n) is 2.50. The van der Waals surface area contributed by atoms with Gasteiger partial charge in [-0.2, -0.15) is 0 Å². The number of anilines is 1. The molecule has 0 bridgehead atoms. The largest absolute Gasteiger partial charge is 0.326 e. The van der Waals surface area contributed by atoms with Gasteiger partial charge in [0.15, 0.2) is 9.84 Å². The highest BCUT2D eigenvalue weighted by atomic mass is 32.2. The smallest absolute Gasteiger partial charge is 0.225 e. The van der Waals surface area contributed by atoms with E-state index in [-0.39, 0.29) is 17.7 Å². The number of nitrogens with one attached hydrogen (secondary N) is 2. The number of benzene rings is 1. The van der Waals surface area contributed by atoms with Crippen molar-refractivity contribution in [2.24, 2.45) is 0 Å². The van der Waals surface area contributed by atoms with E-state index in [1.165, 1.54) is 0 Å². The molecular formula is C16H24N2O3S. The van der Waals surface area contributed by atoms with Crippen LogP contribution in [0.25, 0.3) is 0 Å². The van der Waals surface area contributed by atoms with Crippen molar-refractivity contribution in [2.45, 2.75) is 50.2 Å². The molecule has 1 amide bonds. The molecule has 1 unspecified atom stereocenters. The third kappa shape index (κ3) is 4.81. The molecule has 0 aliphatic carbocycles. The van der Waals surface area contributed by atoms with Crippen molar-refractivity contribution in [1.29, 1.82) is 0 Å². The lowest BCUT2D eigenvalue weighted by atomic mass is 10.1. The number of amides is 1. The maximum atomic E-state index is 12.0. The molecule has 1 aliphatic rings. The number of hydrogen-bond donors (Lipinski definition) is 2. The van der Waals surface area contributed by atoms with Crippen LogP contribution < -0.4 is 10.6 Å². The van der Waals surface area contributed by atoms with E-state index in [2.05, 4.69) is 10.6 Å². The predicted molar refractivity (Wildman–Crippen MR) is 88.5 cm³/mol. The van der Waals surface area contributed by atoms with Crippen molar-refractivity contribution in [3.8, 4) is 0 Å². The quantitative estimate of drug-likeness (QED) is 0.840. The molecule has 1 heterocycles. The van der Waals surface area contributed by atoms with E-state index in [0.717, 1.165) is 19.4 Å². The normalized spacial score (nSPS) is 18.6. The van der Waals surface area contributed by atoms with Gasteiger partial charge in [-0.1, -0.05) is 12.1 Å². The van der Waals surface area contributed by atoms with Crippen LogP contribution in [0, 0.1) is 0 Å². The Bertz CT molecular complexity index is 620. The summed E-state index contributed by atoms with van der Waals surface area (Å²) in [6, 6.07) is 7.32. The van der Waals surface area contributed by atoms with Gasteiger partial charge in [-0.05, 0) is 50.9 Å². The molecule has 5 nitrogen and oxygen atoms in total. The van der Waals surface area contributed by atoms with Gasteiger partial charge >= 0.3 is 0 Å². The van der Waals surface area contributed by atoms with Crippen molar-refractivity contribution >= 4 is 21.4 Å². The maximum Gasteiger partial charge on any atom is 0.225 e. The van der Waals surface area contributed by atoms with Gasteiger partial charge in [0, 0.05) is 18.2 Å². The molecule has 0 saturated carbocycles. The highest BCUT2D eigenvalue weighted by molar-refractivity contribution is 7.91. The first kappa shape index (κ1) is 17.0. The van der Waals surface area contributed by atoms with Crippen LogP contribution in [-0.4, -0.2) is 32.2 Å². The van der Waals surface area contributed by atoms with E-state index < -0.39 is 15.1 Å². The molecule has 0 spiro atoms. The standard InChI is InChI=1S/C16H24N2O3S/c1-12(2)22(20,21)11-13-5-3-6-15(9-13)18-16(19)10-14-7-4-8-17-14/h3,5-6,9,12,14,17H,4,7-8,10-11H2,1-2H3,(H,18,19). The Morgan fingerprint density at radius 1 is 1.41 bits per heavy atom. The maximum absolute atomic E-state index is 12.0. The van der Waals surface area contributed by atoms with Crippen molar-refractivity contribution in [3.63, 3.8) is 0 Å². The van der Waals surface area contributed by atoms with E-state index in [1.807, 2.05) is 0 Å². The van der Waals surface area contributed by atoms with Crippen LogP contribution in [0.5, 0.6) is 0 Å². The van der Waals surface area contributed by atoms with Gasteiger partial charge in [0.2, 0.25) is 5.91 Å². The number of rotatable bonds is 6. The average Bonchev–Trinajstić information content (AvgIpc) is 2.91. The number of carbonyl (C=O) groups is 1. The molecule has 0 radical (unpaired) electrons. The Morgan fingerprint density at radius 2 is 2.18 bits per heavy atom. The summed E-state index contributed by atoms with van der Waals surface area (Å²) >= 11 is 0. The summed E-state index contributed by atoms with van der Waals surface area (Å²) in [7, 11) is -3.14. The Morgan fingerprint density at radius 3 is 2.82 bits per heavy atom. The van der Waals surface area contributed by atoms with E-state index in [9.17, 15) is 13.2 Å². The summed E-state index contributed by atoms with van der Waals surface area (Å²) in [5, 5.41) is 5.73. The van der Waals surface area contributed by atoms with Gasteiger partial charge < -0.3 is 10.6 Å². The number of sulfone groups is 1. The minimum Gasteiger partial charge on any atom is -0.326 e. The first-order chi connectivity index (χ1) is 10.4. The molecule has 1 fully saturated rings. The van der Waals surface area contributed by atoms with Crippen LogP contribution >= 0.6 is 0 Å². The lowest BCUT2D eigenvalue weighted by Crippen LogP contribution is -2.27. The molecule has 22 heavy (non-hydrogen) atoms. The highest BCUT2D eigenvalue weighted by Crippen LogP contribution is 2.17. The summed E-state index contributed by atoms with van der Waals surface area (Å²) < 4.78 is 23.9. The summed E-state index contributed by atoms with van der Waals surface area (Å²) in [6.45, 7) is 4.33. The van der Waals surface area contributed by atoms with Gasteiger partial charge in [0.25, 0.3) is 0 Å². The Hall–Kier alpha value is -1.40. The topological polar surface area (TPSA) is 75.3 Å². The Kier molecular flexibility index (Phi) is 5.58. The van der Waals surface area contributed by atoms with E-state index in [1.54, 1.807) is 38.1 Å². The first-order valence-electron chi connectivity index (χ1n) is 7.70. The van der Waals surface area contributed by atoms with Crippen LogP contribution in [0.15, 0.2) is 24.3 Å². The minimum absolute atomic E-state index is 0.00143. The van der Waals surface area contributed by atoms with Crippen LogP contribution in [0.3, 0.4) is 0 Å². The fourth-order valence-corrected chi connectivity index (χ4v) is 3.48. The van der Waals surface area contributed by atoms with Crippen LogP contribution in [-0.2, 0) is 20.4 Å². The van der Waals surface area contributed by atoms with Gasteiger partial charge in [-0.15, -0.1) is 0 Å². The van der Waals surface area contributed by atoms with Crippen LogP contribution in [0.1, 0.15) is 38.7 Å². The molecule has 1 aromatic carbocycles. The van der Waals surface area contributed by atoms with Gasteiger partial charge in [0.05, 0.1) is 11.0 Å². The van der Waals surface area contributed by atoms with Crippen molar-refractivity contribution < 1.29 is 13.2 Å². The van der Waals surface area contributed by atoms with Gasteiger partial charge in [-0.3, -0.25) is 4.79 Å². The lowest BCUT2D eigenvalue weighted by molar-refractivity contribution is -0.116. The van der Waals surface area contributed by atoms with Crippen LogP contribution in [0.2, 0.25) is 0 Å². The second-order valence-corrected chi connectivity index (χ2v) is 8.66. The SMILES string of the molecule is CC(C)S(=O)(=O)Cc1cccc(NC(=O)CC2CCCN2)c1. The van der Waals surface area contributed by atoms with Crippen LogP contribution in [0.4, 0.5) is 5.69 Å². The zero-order chi connectivity index (χ0) is 16.2. The fraction of sp³-hybridized carbons (Fsp3) is 0.562. The molecular weight excluding hydrogens is 300 g/mol. The minimum atomic E-state index is -3.14. The number of carbonyl (C=O) groups excluding carboxylic acids is 1. The molecule has 1 aliphatic heterocycles. The highest BCUT2D eigenvalue weighted by Gasteiger charge is 2.19. The molecule has 2 rings (SSSR count). The van der Waals surface area contributed by atoms with Crippen molar-refractivity contribution in [2.75, 3.05) is 11.9 Å². The third-order valence-electron chi connectivity index (χ3n) is 3.89. The average molecular weight is 324 g/mol. The molecule has 2 N–H and O–H groups in total. The van der Waals surface area contributed by atoms with Gasteiger partial charge in [-0.25, -0.2) is 8.42 Å². The van der Waals surface area contributed by atoms with E-state index in [0.29, 0.717) is 17.7 Å². The second kappa shape index (κ2) is 7.24. The zero-order valence-corrected chi connectivity index (χ0v) is 13.9. The summed E-state index contributed by atoms with van der Waals surface area (Å²) in [5.74, 6) is -0.0401. The van der Waals surface area contributed by atoms with E-state index in [4.69, 9.17) is 0 Å². The summed E-state index contributed by atoms with van der Waals surface area (Å²) in [6.07, 6.45) is 2.59. The Balaban J connectivity index is 1.97. The molecule has 1 aromatic rings. The molecule has 122 valence electrons. The zero-order valence-electron chi connectivity index (χ0n) is 13.1. The van der Waals surface area contributed by atoms with Crippen molar-refractivity contribution in [3.05, 3.63) is 29.8 Å². The monoisotopic (exact) mass is 324 g/mol. The Labute approximate surface area is 132 Å². The van der Waals surface area contributed by atoms with Crippen molar-refractivity contribution in [1.82, 2.24) is 5.32 Å². The predicted octanol–water partition coefficient (Wildman–Crippen LogP) is 2.09. The third-order valence-corrected chi connectivity index (χ3v) is 6.06. The molecule has 0 aromatic heterocycles. The summed E-state index contributed by atoms with van der Waals surface area (Å²) in [5.41, 5.74) is 1.35. The molecule has 1 atom stereocenters. The lowest BCUT2D eigenvalue weighted by Gasteiger charge is -2.12. The first-order valence-corrected chi connectivity index (χ1v) is 9.42. The summed E-state index contributed by atoms with van der Waals surface area (Å²) in [4.78, 5) is 12.0. The number of hydrogen-bond acceptors (Lipinski definition) is 4. The second-order valence-electron chi connectivity index (χ2n) is 6.10. The molecule has 1 saturated heterocycles. The van der Waals surface area contributed by atoms with Gasteiger partial charge in [0.1, 0.15) is 0 Å². The van der Waals surface area contributed by atoms with E-state index >= 15 is 0 Å².